The Morgan fingerprint density at radius 3 is 2.51 bits per heavy atom. The molecule has 1 atom stereocenters. The number of nitrogens with zero attached hydrogens (tertiary/aromatic N) is 6. The molecule has 1 saturated carbocycles. The largest absolute Gasteiger partial charge is 0.417 e. The Bertz CT molecular complexity index is 2140. The zero-order chi connectivity index (χ0) is 34.0. The van der Waals surface area contributed by atoms with Crippen LogP contribution in [0.5, 0.6) is 0 Å². The van der Waals surface area contributed by atoms with E-state index in [1.165, 1.54) is 31.3 Å². The lowest BCUT2D eigenvalue weighted by atomic mass is 10.0. The van der Waals surface area contributed by atoms with Gasteiger partial charge in [0, 0.05) is 37.4 Å². The maximum absolute atomic E-state index is 15.3. The van der Waals surface area contributed by atoms with Crippen LogP contribution < -0.4 is 10.6 Å². The number of piperazine rings is 1. The van der Waals surface area contributed by atoms with E-state index in [1.807, 2.05) is 0 Å². The van der Waals surface area contributed by atoms with E-state index < -0.39 is 55.6 Å². The predicted molar refractivity (Wildman–Crippen MR) is 167 cm³/mol. The van der Waals surface area contributed by atoms with Gasteiger partial charge in [0.15, 0.2) is 15.5 Å². The smallest absolute Gasteiger partial charge is 0.350 e. The predicted octanol–water partition coefficient (Wildman–Crippen LogP) is 5.12. The summed E-state index contributed by atoms with van der Waals surface area (Å²) in [4.78, 5) is 42.3. The van der Waals surface area contributed by atoms with Gasteiger partial charge < -0.3 is 9.80 Å². The Morgan fingerprint density at radius 2 is 1.87 bits per heavy atom. The van der Waals surface area contributed by atoms with Crippen molar-refractivity contribution in [1.29, 1.82) is 0 Å². The molecule has 10 nitrogen and oxygen atoms in total. The summed E-state index contributed by atoms with van der Waals surface area (Å²) < 4.78 is 85.7. The van der Waals surface area contributed by atoms with Gasteiger partial charge in [-0.15, -0.1) is 0 Å². The fourth-order valence-corrected chi connectivity index (χ4v) is 8.02. The summed E-state index contributed by atoms with van der Waals surface area (Å²) in [5.74, 6) is -1.50. The van der Waals surface area contributed by atoms with Gasteiger partial charge in [-0.1, -0.05) is 24.2 Å². The van der Waals surface area contributed by atoms with E-state index in [0.717, 1.165) is 16.7 Å². The van der Waals surface area contributed by atoms with E-state index in [-0.39, 0.29) is 63.7 Å². The first-order chi connectivity index (χ1) is 22.1. The minimum Gasteiger partial charge on any atom is -0.350 e. The van der Waals surface area contributed by atoms with Crippen LogP contribution in [0.15, 0.2) is 58.9 Å². The quantitative estimate of drug-likeness (QED) is 0.202. The standard InChI is InChI=1S/C31H27ClF4N6O4S/c1-4-24(43)40-12-13-41(16(2)15-40)28-19-14-21(32)26(25-20(31(34,35)36)6-5-7-22(25)33)38-29(19)42(30(44)39-28)27-17(3)37-11-10-23(27)47(45,46)18-8-9-18/h4-7,10-11,14,16,18H,1,8-9,12-13,15H2,2-3H3/t16-/m0/s1. The van der Waals surface area contributed by atoms with Gasteiger partial charge in [-0.2, -0.15) is 18.2 Å². The monoisotopic (exact) mass is 690 g/mol. The Labute approximate surface area is 271 Å². The van der Waals surface area contributed by atoms with Gasteiger partial charge in [-0.05, 0) is 57.0 Å². The van der Waals surface area contributed by atoms with E-state index in [4.69, 9.17) is 11.6 Å². The van der Waals surface area contributed by atoms with Crippen molar-refractivity contribution < 1.29 is 30.8 Å². The molecule has 1 aliphatic heterocycles. The summed E-state index contributed by atoms with van der Waals surface area (Å²) in [6.45, 7) is 7.43. The van der Waals surface area contributed by atoms with E-state index in [0.29, 0.717) is 18.9 Å². The fourth-order valence-electron chi connectivity index (χ4n) is 5.90. The molecule has 1 amide bonds. The van der Waals surface area contributed by atoms with Crippen LogP contribution in [-0.4, -0.2) is 69.7 Å². The lowest BCUT2D eigenvalue weighted by Gasteiger charge is -2.40. The van der Waals surface area contributed by atoms with Crippen LogP contribution in [0.2, 0.25) is 5.02 Å². The summed E-state index contributed by atoms with van der Waals surface area (Å²) in [6.07, 6.45) is -1.70. The van der Waals surface area contributed by atoms with E-state index in [9.17, 15) is 31.2 Å². The number of fused-ring (bicyclic) bond motifs is 1. The van der Waals surface area contributed by atoms with Crippen molar-refractivity contribution >= 4 is 44.2 Å². The number of alkyl halides is 3. The first-order valence-electron chi connectivity index (χ1n) is 14.5. The minimum atomic E-state index is -5.00. The normalized spacial score (nSPS) is 17.3. The average molecular weight is 691 g/mol. The molecule has 0 N–H and O–H groups in total. The van der Waals surface area contributed by atoms with Crippen molar-refractivity contribution in [1.82, 2.24) is 24.4 Å². The molecule has 47 heavy (non-hydrogen) atoms. The second kappa shape index (κ2) is 11.7. The third-order valence-electron chi connectivity index (χ3n) is 8.31. The molecule has 0 bridgehead atoms. The molecular weight excluding hydrogens is 664 g/mol. The first kappa shape index (κ1) is 32.6. The maximum Gasteiger partial charge on any atom is 0.417 e. The van der Waals surface area contributed by atoms with Crippen LogP contribution in [0.25, 0.3) is 28.0 Å². The third-order valence-corrected chi connectivity index (χ3v) is 10.9. The Kier molecular flexibility index (Phi) is 8.11. The molecule has 16 heteroatoms. The molecule has 1 aromatic carbocycles. The highest BCUT2D eigenvalue weighted by Crippen LogP contribution is 2.43. The van der Waals surface area contributed by atoms with E-state index in [2.05, 4.69) is 21.5 Å². The van der Waals surface area contributed by atoms with Crippen molar-refractivity contribution in [2.24, 2.45) is 0 Å². The Morgan fingerprint density at radius 1 is 1.15 bits per heavy atom. The SMILES string of the molecule is C=CC(=O)N1CCN(c2nc(=O)n(-c3c(S(=O)(=O)C4CC4)ccnc3C)c3nc(-c4c(F)cccc4C(F)(F)F)c(Cl)cc23)[C@@H](C)C1. The highest BCUT2D eigenvalue weighted by molar-refractivity contribution is 7.92. The van der Waals surface area contributed by atoms with Gasteiger partial charge in [0.05, 0.1) is 43.2 Å². The van der Waals surface area contributed by atoms with Gasteiger partial charge >= 0.3 is 11.9 Å². The molecule has 4 aromatic rings. The number of hydrogen-bond acceptors (Lipinski definition) is 8. The summed E-state index contributed by atoms with van der Waals surface area (Å²) in [5, 5.41) is -0.974. The van der Waals surface area contributed by atoms with Crippen LogP contribution >= 0.6 is 11.6 Å². The van der Waals surface area contributed by atoms with Gasteiger partial charge in [-0.25, -0.2) is 27.2 Å². The molecule has 3 aromatic heterocycles. The molecule has 4 heterocycles. The first-order valence-corrected chi connectivity index (χ1v) is 16.4. The lowest BCUT2D eigenvalue weighted by Crippen LogP contribution is -2.54. The Hall–Kier alpha value is -4.37. The number of carbonyl (C=O) groups is 1. The second-order valence-corrected chi connectivity index (χ2v) is 14.0. The number of sulfone groups is 1. The minimum absolute atomic E-state index is 0.0538. The summed E-state index contributed by atoms with van der Waals surface area (Å²) in [7, 11) is -3.96. The number of carbonyl (C=O) groups excluding carboxylic acids is 1. The van der Waals surface area contributed by atoms with Gasteiger partial charge in [-0.3, -0.25) is 9.78 Å². The second-order valence-electron chi connectivity index (χ2n) is 11.4. The van der Waals surface area contributed by atoms with Crippen LogP contribution in [0.3, 0.4) is 0 Å². The molecule has 1 saturated heterocycles. The van der Waals surface area contributed by atoms with E-state index in [1.54, 1.807) is 16.7 Å². The van der Waals surface area contributed by atoms with Gasteiger partial charge in [0.1, 0.15) is 11.6 Å². The number of rotatable bonds is 6. The highest BCUT2D eigenvalue weighted by Gasteiger charge is 2.40. The molecule has 246 valence electrons. The van der Waals surface area contributed by atoms with Crippen molar-refractivity contribution in [3.05, 3.63) is 81.8 Å². The number of pyridine rings is 2. The number of anilines is 1. The lowest BCUT2D eigenvalue weighted by molar-refractivity contribution is -0.137. The zero-order valence-corrected chi connectivity index (χ0v) is 26.6. The number of aromatic nitrogens is 4. The summed E-state index contributed by atoms with van der Waals surface area (Å²) in [5.41, 5.74) is -4.28. The molecule has 0 spiro atoms. The van der Waals surface area contributed by atoms with Crippen LogP contribution in [-0.2, 0) is 20.8 Å². The van der Waals surface area contributed by atoms with Gasteiger partial charge in [0.25, 0.3) is 0 Å². The number of benzene rings is 1. The van der Waals surface area contributed by atoms with Gasteiger partial charge in [0.2, 0.25) is 5.91 Å². The zero-order valence-electron chi connectivity index (χ0n) is 25.1. The highest BCUT2D eigenvalue weighted by atomic mass is 35.5. The number of aryl methyl sites for hydroxylation is 1. The maximum atomic E-state index is 15.3. The molecular formula is C31H27ClF4N6O4S. The molecule has 1 aliphatic carbocycles. The van der Waals surface area contributed by atoms with E-state index >= 15 is 4.39 Å². The van der Waals surface area contributed by atoms with Crippen molar-refractivity contribution in [3.8, 4) is 16.9 Å². The fraction of sp³-hybridized carbons (Fsp3) is 0.323. The number of hydrogen-bond donors (Lipinski definition) is 0. The molecule has 0 radical (unpaired) electrons. The van der Waals surface area contributed by atoms with Crippen molar-refractivity contribution in [2.75, 3.05) is 24.5 Å². The molecule has 0 unspecified atom stereocenters. The van der Waals surface area contributed by atoms with Crippen molar-refractivity contribution in [2.45, 2.75) is 49.1 Å². The molecule has 2 aliphatic rings. The number of halogens is 5. The third kappa shape index (κ3) is 5.64. The summed E-state index contributed by atoms with van der Waals surface area (Å²) >= 11 is 6.58. The molecule has 2 fully saturated rings. The molecule has 6 rings (SSSR count). The number of amides is 1. The van der Waals surface area contributed by atoms with Crippen molar-refractivity contribution in [3.63, 3.8) is 0 Å². The van der Waals surface area contributed by atoms with Crippen LogP contribution in [0.4, 0.5) is 23.4 Å². The average Bonchev–Trinajstić information content (AvgIpc) is 3.87. The summed E-state index contributed by atoms with van der Waals surface area (Å²) in [6, 6.07) is 4.49. The van der Waals surface area contributed by atoms with Crippen LogP contribution in [0.1, 0.15) is 31.0 Å². The topological polar surface area (TPSA) is 118 Å². The van der Waals surface area contributed by atoms with Crippen LogP contribution in [0, 0.1) is 12.7 Å². The Balaban J connectivity index is 1.69.